The molecule has 0 aliphatic rings. The summed E-state index contributed by atoms with van der Waals surface area (Å²) < 4.78 is 0. The summed E-state index contributed by atoms with van der Waals surface area (Å²) in [4.78, 5) is 12.2. The second kappa shape index (κ2) is 6.28. The summed E-state index contributed by atoms with van der Waals surface area (Å²) in [6.07, 6.45) is 0. The predicted molar refractivity (Wildman–Crippen MR) is 79.7 cm³/mol. The number of nitrogens with one attached hydrogen (secondary N) is 1. The quantitative estimate of drug-likeness (QED) is 0.824. The van der Waals surface area contributed by atoms with Crippen molar-refractivity contribution in [2.24, 2.45) is 5.73 Å². The minimum Gasteiger partial charge on any atom is -0.320 e. The van der Waals surface area contributed by atoms with E-state index >= 15 is 0 Å². The van der Waals surface area contributed by atoms with Gasteiger partial charge in [-0.3, -0.25) is 10.1 Å². The minimum absolute atomic E-state index is 0.213. The number of benzene rings is 1. The summed E-state index contributed by atoms with van der Waals surface area (Å²) in [5.74, 6) is 5.47. The number of aromatic nitrogens is 2. The molecule has 1 heterocycles. The van der Waals surface area contributed by atoms with Crippen LogP contribution in [-0.4, -0.2) is 22.6 Å². The van der Waals surface area contributed by atoms with E-state index in [9.17, 15) is 4.79 Å². The van der Waals surface area contributed by atoms with Crippen LogP contribution in [0.2, 0.25) is 0 Å². The Labute approximate surface area is 121 Å². The van der Waals surface area contributed by atoms with Crippen LogP contribution >= 0.6 is 11.3 Å². The van der Waals surface area contributed by atoms with Gasteiger partial charge in [0.1, 0.15) is 5.01 Å². The van der Waals surface area contributed by atoms with E-state index in [1.54, 1.807) is 6.07 Å². The van der Waals surface area contributed by atoms with Crippen molar-refractivity contribution < 1.29 is 4.79 Å². The molecule has 20 heavy (non-hydrogen) atoms. The van der Waals surface area contributed by atoms with Gasteiger partial charge in [0.2, 0.25) is 5.13 Å². The Bertz CT molecular complexity index is 697. The lowest BCUT2D eigenvalue weighted by Crippen LogP contribution is -2.13. The van der Waals surface area contributed by atoms with Crippen molar-refractivity contribution in [1.29, 1.82) is 0 Å². The maximum absolute atomic E-state index is 12.2. The molecule has 0 bridgehead atoms. The van der Waals surface area contributed by atoms with Gasteiger partial charge in [-0.1, -0.05) is 29.2 Å². The average molecular weight is 286 g/mol. The molecule has 0 unspecified atom stereocenters. The molecule has 102 valence electrons. The van der Waals surface area contributed by atoms with Gasteiger partial charge in [0.25, 0.3) is 5.91 Å². The van der Waals surface area contributed by atoms with E-state index in [1.807, 2.05) is 26.0 Å². The molecule has 1 amide bonds. The lowest BCUT2D eigenvalue weighted by molar-refractivity contribution is 0.102. The van der Waals surface area contributed by atoms with Crippen molar-refractivity contribution >= 4 is 22.4 Å². The van der Waals surface area contributed by atoms with Crippen molar-refractivity contribution in [3.63, 3.8) is 0 Å². The molecule has 1 aromatic carbocycles. The first-order valence-corrected chi connectivity index (χ1v) is 6.83. The highest BCUT2D eigenvalue weighted by atomic mass is 32.1. The Morgan fingerprint density at radius 1 is 1.40 bits per heavy atom. The highest BCUT2D eigenvalue weighted by Crippen LogP contribution is 2.17. The molecule has 0 fully saturated rings. The number of hydrogen-bond acceptors (Lipinski definition) is 5. The van der Waals surface area contributed by atoms with Gasteiger partial charge >= 0.3 is 0 Å². The Balaban J connectivity index is 2.24. The zero-order valence-electron chi connectivity index (χ0n) is 11.2. The molecule has 5 nitrogen and oxygen atoms in total. The summed E-state index contributed by atoms with van der Waals surface area (Å²) in [7, 11) is 0. The standard InChI is InChI=1S/C14H14N4OS/c1-9-5-6-11(4-3-7-15)8-12(9)13(19)16-14-18-17-10(2)20-14/h5-6,8H,7,15H2,1-2H3,(H,16,18,19). The number of rotatable bonds is 2. The Kier molecular flexibility index (Phi) is 4.45. The van der Waals surface area contributed by atoms with Gasteiger partial charge in [0.05, 0.1) is 6.54 Å². The predicted octanol–water partition coefficient (Wildman–Crippen LogP) is 1.72. The summed E-state index contributed by atoms with van der Waals surface area (Å²) in [5.41, 5.74) is 7.55. The van der Waals surface area contributed by atoms with E-state index in [2.05, 4.69) is 27.4 Å². The third-order valence-electron chi connectivity index (χ3n) is 2.56. The van der Waals surface area contributed by atoms with E-state index in [0.29, 0.717) is 17.2 Å². The lowest BCUT2D eigenvalue weighted by Gasteiger charge is -2.05. The molecule has 0 saturated carbocycles. The number of anilines is 1. The van der Waals surface area contributed by atoms with Crippen molar-refractivity contribution in [1.82, 2.24) is 10.2 Å². The number of nitrogens with two attached hydrogens (primary N) is 1. The number of carbonyl (C=O) groups excluding carboxylic acids is 1. The van der Waals surface area contributed by atoms with Crippen molar-refractivity contribution in [2.75, 3.05) is 11.9 Å². The summed E-state index contributed by atoms with van der Waals surface area (Å²) in [6, 6.07) is 5.48. The molecule has 1 aromatic heterocycles. The van der Waals surface area contributed by atoms with Crippen LogP contribution in [0.5, 0.6) is 0 Å². The van der Waals surface area contributed by atoms with Gasteiger partial charge in [-0.25, -0.2) is 0 Å². The normalized spacial score (nSPS) is 9.75. The summed E-state index contributed by atoms with van der Waals surface area (Å²) >= 11 is 1.34. The maximum atomic E-state index is 12.2. The molecule has 0 atom stereocenters. The molecule has 2 aromatic rings. The largest absolute Gasteiger partial charge is 0.320 e. The number of amides is 1. The highest BCUT2D eigenvalue weighted by Gasteiger charge is 2.12. The van der Waals surface area contributed by atoms with E-state index in [0.717, 1.165) is 16.1 Å². The van der Waals surface area contributed by atoms with Crippen LogP contribution in [-0.2, 0) is 0 Å². The maximum Gasteiger partial charge on any atom is 0.257 e. The van der Waals surface area contributed by atoms with E-state index < -0.39 is 0 Å². The molecule has 6 heteroatoms. The molecule has 3 N–H and O–H groups in total. The Hall–Kier alpha value is -2.23. The lowest BCUT2D eigenvalue weighted by atomic mass is 10.0. The van der Waals surface area contributed by atoms with E-state index in [4.69, 9.17) is 5.73 Å². The summed E-state index contributed by atoms with van der Waals surface area (Å²) in [5, 5.41) is 11.8. The third-order valence-corrected chi connectivity index (χ3v) is 3.32. The van der Waals surface area contributed by atoms with Gasteiger partial charge in [0, 0.05) is 11.1 Å². The molecule has 0 saturated heterocycles. The van der Waals surface area contributed by atoms with Crippen LogP contribution in [0, 0.1) is 25.7 Å². The van der Waals surface area contributed by atoms with Crippen LogP contribution in [0.4, 0.5) is 5.13 Å². The summed E-state index contributed by atoms with van der Waals surface area (Å²) in [6.45, 7) is 4.00. The second-order valence-corrected chi connectivity index (χ2v) is 5.30. The molecule has 2 rings (SSSR count). The molecular weight excluding hydrogens is 272 g/mol. The number of hydrogen-bond donors (Lipinski definition) is 2. The zero-order chi connectivity index (χ0) is 14.5. The number of carbonyl (C=O) groups is 1. The van der Waals surface area contributed by atoms with Crippen LogP contribution in [0.15, 0.2) is 18.2 Å². The first kappa shape index (κ1) is 14.2. The van der Waals surface area contributed by atoms with E-state index in [-0.39, 0.29) is 5.91 Å². The fourth-order valence-electron chi connectivity index (χ4n) is 1.61. The van der Waals surface area contributed by atoms with Crippen LogP contribution in [0.1, 0.15) is 26.5 Å². The van der Waals surface area contributed by atoms with Crippen LogP contribution in [0.3, 0.4) is 0 Å². The fraction of sp³-hybridized carbons (Fsp3) is 0.214. The van der Waals surface area contributed by atoms with Crippen molar-refractivity contribution in [2.45, 2.75) is 13.8 Å². The molecule has 0 aliphatic heterocycles. The SMILES string of the molecule is Cc1nnc(NC(=O)c2cc(C#CCN)ccc2C)s1. The Morgan fingerprint density at radius 2 is 2.20 bits per heavy atom. The smallest absolute Gasteiger partial charge is 0.257 e. The molecular formula is C14H14N4OS. The molecule has 0 aliphatic carbocycles. The van der Waals surface area contributed by atoms with Crippen LogP contribution < -0.4 is 11.1 Å². The third kappa shape index (κ3) is 3.41. The number of aryl methyl sites for hydroxylation is 2. The van der Waals surface area contributed by atoms with Gasteiger partial charge in [0.15, 0.2) is 0 Å². The minimum atomic E-state index is -0.213. The highest BCUT2D eigenvalue weighted by molar-refractivity contribution is 7.15. The van der Waals surface area contributed by atoms with Gasteiger partial charge in [-0.05, 0) is 31.5 Å². The first-order chi connectivity index (χ1) is 9.60. The number of nitrogens with zero attached hydrogens (tertiary/aromatic N) is 2. The van der Waals surface area contributed by atoms with Gasteiger partial charge in [-0.2, -0.15) is 0 Å². The van der Waals surface area contributed by atoms with Crippen molar-refractivity contribution in [3.8, 4) is 11.8 Å². The van der Waals surface area contributed by atoms with Gasteiger partial charge in [-0.15, -0.1) is 10.2 Å². The Morgan fingerprint density at radius 3 is 2.85 bits per heavy atom. The zero-order valence-corrected chi connectivity index (χ0v) is 12.0. The van der Waals surface area contributed by atoms with Gasteiger partial charge < -0.3 is 5.73 Å². The topological polar surface area (TPSA) is 80.9 Å². The average Bonchev–Trinajstić information content (AvgIpc) is 2.83. The second-order valence-electron chi connectivity index (χ2n) is 4.12. The van der Waals surface area contributed by atoms with Crippen LogP contribution in [0.25, 0.3) is 0 Å². The fourth-order valence-corrected chi connectivity index (χ4v) is 2.20. The van der Waals surface area contributed by atoms with Crippen molar-refractivity contribution in [3.05, 3.63) is 39.9 Å². The molecule has 0 radical (unpaired) electrons. The van der Waals surface area contributed by atoms with E-state index in [1.165, 1.54) is 11.3 Å². The first-order valence-electron chi connectivity index (χ1n) is 6.01. The molecule has 0 spiro atoms. The monoisotopic (exact) mass is 286 g/mol.